The molecule has 0 radical (unpaired) electrons. The number of fused-ring (bicyclic) bond motifs is 1. The fourth-order valence-corrected chi connectivity index (χ4v) is 3.62. The first-order valence-corrected chi connectivity index (χ1v) is 9.15. The minimum atomic E-state index is -1.20. The Bertz CT molecular complexity index is 1230. The van der Waals surface area contributed by atoms with E-state index in [2.05, 4.69) is 15.6 Å². The van der Waals surface area contributed by atoms with Gasteiger partial charge in [0, 0.05) is 22.2 Å². The predicted molar refractivity (Wildman–Crippen MR) is 109 cm³/mol. The molecule has 1 aromatic heterocycles. The Labute approximate surface area is 170 Å². The molecular weight excluding hydrogens is 391 g/mol. The number of aliphatic imine (C=N–C) groups is 1. The van der Waals surface area contributed by atoms with E-state index in [9.17, 15) is 19.1 Å². The average molecular weight is 410 g/mol. The van der Waals surface area contributed by atoms with E-state index in [-0.39, 0.29) is 35.4 Å². The second kappa shape index (κ2) is 6.87. The number of hydrogen-bond donors (Lipinski definition) is 4. The molecule has 1 atom stereocenters. The normalized spacial score (nSPS) is 18.8. The molecule has 0 saturated carbocycles. The number of carbonyl (C=O) groups excluding carboxylic acids is 2. The topological polar surface area (TPSA) is 130 Å². The zero-order valence-corrected chi connectivity index (χ0v) is 16.2. The third-order valence-electron chi connectivity index (χ3n) is 5.07. The van der Waals surface area contributed by atoms with Gasteiger partial charge in [-0.3, -0.25) is 14.9 Å². The number of nitrogens with two attached hydrogens (primary N) is 1. The number of aromatic hydroxyl groups is 1. The van der Waals surface area contributed by atoms with Crippen molar-refractivity contribution in [3.63, 3.8) is 0 Å². The van der Waals surface area contributed by atoms with Crippen LogP contribution in [0, 0.1) is 12.7 Å². The summed E-state index contributed by atoms with van der Waals surface area (Å²) in [5.41, 5.74) is 5.90. The molecule has 3 aromatic rings. The summed E-state index contributed by atoms with van der Waals surface area (Å²) in [6, 6.07) is 8.57. The number of furan rings is 1. The quantitative estimate of drug-likeness (QED) is 0.527. The lowest BCUT2D eigenvalue weighted by Gasteiger charge is -2.30. The molecule has 2 heterocycles. The van der Waals surface area contributed by atoms with Gasteiger partial charge in [-0.05, 0) is 50.2 Å². The Morgan fingerprint density at radius 3 is 2.83 bits per heavy atom. The lowest BCUT2D eigenvalue weighted by atomic mass is 9.87. The number of aryl methyl sites for hydroxylation is 1. The molecule has 0 aliphatic carbocycles. The van der Waals surface area contributed by atoms with Crippen LogP contribution in [0.25, 0.3) is 11.0 Å². The molecule has 8 nitrogen and oxygen atoms in total. The van der Waals surface area contributed by atoms with Gasteiger partial charge < -0.3 is 20.6 Å². The number of benzene rings is 2. The number of hydrogen-bond acceptors (Lipinski definition) is 6. The van der Waals surface area contributed by atoms with Crippen LogP contribution in [-0.4, -0.2) is 22.9 Å². The zero-order chi connectivity index (χ0) is 21.6. The Hall–Kier alpha value is -3.88. The number of amides is 2. The fraction of sp³-hybridized carbons (Fsp3) is 0.190. The highest BCUT2D eigenvalue weighted by Gasteiger charge is 2.36. The maximum atomic E-state index is 14.6. The van der Waals surface area contributed by atoms with Gasteiger partial charge in [0.1, 0.15) is 17.1 Å². The summed E-state index contributed by atoms with van der Waals surface area (Å²) in [6.07, 6.45) is -0.0891. The van der Waals surface area contributed by atoms with Gasteiger partial charge in [-0.2, -0.15) is 0 Å². The van der Waals surface area contributed by atoms with Crippen LogP contribution in [0.1, 0.15) is 35.0 Å². The third kappa shape index (κ3) is 3.34. The Kier molecular flexibility index (Phi) is 4.45. The number of rotatable bonds is 3. The lowest BCUT2D eigenvalue weighted by molar-refractivity contribution is -0.121. The maximum absolute atomic E-state index is 14.6. The molecule has 154 valence electrons. The third-order valence-corrected chi connectivity index (χ3v) is 5.07. The van der Waals surface area contributed by atoms with Crippen LogP contribution in [0.5, 0.6) is 5.75 Å². The summed E-state index contributed by atoms with van der Waals surface area (Å²) in [5.74, 6) is -1.44. The Balaban J connectivity index is 1.67. The van der Waals surface area contributed by atoms with Gasteiger partial charge >= 0.3 is 0 Å². The highest BCUT2D eigenvalue weighted by molar-refractivity contribution is 6.06. The minimum absolute atomic E-state index is 0.0612. The van der Waals surface area contributed by atoms with E-state index >= 15 is 0 Å². The van der Waals surface area contributed by atoms with Gasteiger partial charge in [-0.15, -0.1) is 0 Å². The van der Waals surface area contributed by atoms with E-state index in [1.807, 2.05) is 0 Å². The number of halogens is 1. The summed E-state index contributed by atoms with van der Waals surface area (Å²) in [4.78, 5) is 28.8. The van der Waals surface area contributed by atoms with Crippen molar-refractivity contribution in [1.82, 2.24) is 5.32 Å². The van der Waals surface area contributed by atoms with Crippen molar-refractivity contribution in [1.29, 1.82) is 0 Å². The average Bonchev–Trinajstić information content (AvgIpc) is 2.98. The number of phenols is 1. The monoisotopic (exact) mass is 410 g/mol. The maximum Gasteiger partial charge on any atom is 0.291 e. The first-order chi connectivity index (χ1) is 14.2. The number of nitrogens with zero attached hydrogens (tertiary/aromatic N) is 1. The van der Waals surface area contributed by atoms with Crippen LogP contribution in [0.2, 0.25) is 0 Å². The van der Waals surface area contributed by atoms with Crippen molar-refractivity contribution in [2.24, 2.45) is 10.7 Å². The number of carbonyl (C=O) groups is 2. The van der Waals surface area contributed by atoms with E-state index in [0.717, 1.165) is 0 Å². The second-order valence-electron chi connectivity index (χ2n) is 7.38. The van der Waals surface area contributed by atoms with Crippen molar-refractivity contribution in [3.05, 3.63) is 59.1 Å². The standard InChI is InChI=1S/C21H19FN4O4/c1-10-13-8-12(27)4-6-16(13)30-18(10)19(29)24-11-3-5-15(22)14(7-11)21(2)9-17(28)25-20(23)26-21/h3-8,27H,9H2,1-2H3,(H,24,29)(H3,23,25,26,28). The van der Waals surface area contributed by atoms with E-state index in [1.165, 1.54) is 30.3 Å². The molecule has 1 unspecified atom stereocenters. The molecule has 0 spiro atoms. The second-order valence-corrected chi connectivity index (χ2v) is 7.38. The molecule has 9 heteroatoms. The summed E-state index contributed by atoms with van der Waals surface area (Å²) in [5, 5.41) is 15.3. The number of guanidine groups is 1. The molecular formula is C21H19FN4O4. The van der Waals surface area contributed by atoms with E-state index < -0.39 is 17.3 Å². The van der Waals surface area contributed by atoms with Gasteiger partial charge in [-0.25, -0.2) is 9.38 Å². The Morgan fingerprint density at radius 1 is 1.33 bits per heavy atom. The van der Waals surface area contributed by atoms with Crippen molar-refractivity contribution < 1.29 is 23.5 Å². The summed E-state index contributed by atoms with van der Waals surface area (Å²) >= 11 is 0. The van der Waals surface area contributed by atoms with Gasteiger partial charge in [0.15, 0.2) is 11.7 Å². The molecule has 2 aromatic carbocycles. The van der Waals surface area contributed by atoms with Crippen LogP contribution >= 0.6 is 0 Å². The van der Waals surface area contributed by atoms with E-state index in [4.69, 9.17) is 10.2 Å². The minimum Gasteiger partial charge on any atom is -0.508 e. The van der Waals surface area contributed by atoms with Gasteiger partial charge in [0.05, 0.1) is 12.0 Å². The fourth-order valence-electron chi connectivity index (χ4n) is 3.62. The molecule has 30 heavy (non-hydrogen) atoms. The highest BCUT2D eigenvalue weighted by Crippen LogP contribution is 2.35. The number of phenolic OH excluding ortho intramolecular Hbond substituents is 1. The summed E-state index contributed by atoms with van der Waals surface area (Å²) in [7, 11) is 0. The smallest absolute Gasteiger partial charge is 0.291 e. The predicted octanol–water partition coefficient (Wildman–Crippen LogP) is 2.89. The van der Waals surface area contributed by atoms with Crippen molar-refractivity contribution in [2.45, 2.75) is 25.8 Å². The first kappa shape index (κ1) is 19.4. The largest absolute Gasteiger partial charge is 0.508 e. The van der Waals surface area contributed by atoms with Crippen molar-refractivity contribution >= 4 is 34.4 Å². The van der Waals surface area contributed by atoms with Gasteiger partial charge in [0.2, 0.25) is 5.91 Å². The Morgan fingerprint density at radius 2 is 2.10 bits per heavy atom. The molecule has 0 saturated heterocycles. The molecule has 1 aliphatic heterocycles. The van der Waals surface area contributed by atoms with Crippen LogP contribution in [-0.2, 0) is 10.3 Å². The number of nitrogens with one attached hydrogen (secondary N) is 2. The van der Waals surface area contributed by atoms with Crippen LogP contribution < -0.4 is 16.4 Å². The molecule has 0 fully saturated rings. The molecule has 1 aliphatic rings. The lowest BCUT2D eigenvalue weighted by Crippen LogP contribution is -2.46. The summed E-state index contributed by atoms with van der Waals surface area (Å²) < 4.78 is 20.2. The molecule has 2 amide bonds. The highest BCUT2D eigenvalue weighted by atomic mass is 19.1. The van der Waals surface area contributed by atoms with Crippen LogP contribution in [0.3, 0.4) is 0 Å². The van der Waals surface area contributed by atoms with Gasteiger partial charge in [-0.1, -0.05) is 0 Å². The zero-order valence-electron chi connectivity index (χ0n) is 16.2. The number of anilines is 1. The van der Waals surface area contributed by atoms with Crippen molar-refractivity contribution in [2.75, 3.05) is 5.32 Å². The molecule has 0 bridgehead atoms. The van der Waals surface area contributed by atoms with Gasteiger partial charge in [0.25, 0.3) is 5.91 Å². The summed E-state index contributed by atoms with van der Waals surface area (Å²) in [6.45, 7) is 3.30. The van der Waals surface area contributed by atoms with E-state index in [0.29, 0.717) is 22.2 Å². The van der Waals surface area contributed by atoms with E-state index in [1.54, 1.807) is 19.9 Å². The first-order valence-electron chi connectivity index (χ1n) is 9.15. The molecule has 4 rings (SSSR count). The van der Waals surface area contributed by atoms with Crippen LogP contribution in [0.4, 0.5) is 10.1 Å². The SMILES string of the molecule is Cc1c(C(=O)Nc2ccc(F)c(C3(C)CC(=O)NC(N)=N3)c2)oc2ccc(O)cc12. The molecule has 5 N–H and O–H groups in total. The van der Waals surface area contributed by atoms with Crippen molar-refractivity contribution in [3.8, 4) is 5.75 Å². The van der Waals surface area contributed by atoms with Crippen LogP contribution in [0.15, 0.2) is 45.8 Å².